The number of aromatic nitrogens is 3. The van der Waals surface area contributed by atoms with Crippen molar-refractivity contribution in [2.24, 2.45) is 0 Å². The first-order valence-electron chi connectivity index (χ1n) is 11.6. The van der Waals surface area contributed by atoms with Crippen LogP contribution in [0.1, 0.15) is 42.0 Å². The third-order valence-corrected chi connectivity index (χ3v) is 7.14. The van der Waals surface area contributed by atoms with Gasteiger partial charge in [0.1, 0.15) is 18.0 Å². The maximum absolute atomic E-state index is 14.2. The molecule has 9 heteroatoms. The van der Waals surface area contributed by atoms with Gasteiger partial charge in [0.15, 0.2) is 18.9 Å². The van der Waals surface area contributed by atoms with Gasteiger partial charge in [-0.2, -0.15) is 0 Å². The SMILES string of the molecule is CCC1(O)CC(=O)OCc2c1cc1n(c2=O)Cc2c-1nc1cc(F)ccc1c2C[n+]1ccccc1.[Cl-]. The molecule has 1 unspecified atom stereocenters. The molecule has 0 saturated heterocycles. The number of carbonyl (C=O) groups is 1. The standard InChI is InChI=1S/C27H23FN3O4.ClH/c1-2-27(34)12-24(32)35-15-20-21(27)11-23-25-19(14-31(23)26(20)33)18(13-30-8-4-3-5-9-30)17-7-6-16(28)10-22(17)29-25;/h3-11,34H,2,12-15H2,1H3;1H/q+1;/p-1. The van der Waals surface area contributed by atoms with Gasteiger partial charge in [0.2, 0.25) is 0 Å². The molecule has 2 aliphatic rings. The van der Waals surface area contributed by atoms with Crippen molar-refractivity contribution in [3.63, 3.8) is 0 Å². The zero-order valence-electron chi connectivity index (χ0n) is 19.5. The second-order valence-electron chi connectivity index (χ2n) is 9.16. The second kappa shape index (κ2) is 8.80. The van der Waals surface area contributed by atoms with E-state index < -0.39 is 17.4 Å². The summed E-state index contributed by atoms with van der Waals surface area (Å²) in [4.78, 5) is 30.5. The maximum Gasteiger partial charge on any atom is 0.309 e. The number of nitrogens with zero attached hydrogens (tertiary/aromatic N) is 3. The fourth-order valence-corrected chi connectivity index (χ4v) is 5.24. The summed E-state index contributed by atoms with van der Waals surface area (Å²) in [5, 5.41) is 12.1. The van der Waals surface area contributed by atoms with Gasteiger partial charge in [0.05, 0.1) is 35.4 Å². The highest BCUT2D eigenvalue weighted by Gasteiger charge is 2.40. The van der Waals surface area contributed by atoms with Crippen LogP contribution in [0.3, 0.4) is 0 Å². The fraction of sp³-hybridized carbons (Fsp3) is 0.259. The van der Waals surface area contributed by atoms with Crippen LogP contribution in [-0.4, -0.2) is 20.6 Å². The minimum Gasteiger partial charge on any atom is -1.00 e. The summed E-state index contributed by atoms with van der Waals surface area (Å²) < 4.78 is 23.1. The van der Waals surface area contributed by atoms with Crippen molar-refractivity contribution >= 4 is 16.9 Å². The topological polar surface area (TPSA) is 85.3 Å². The summed E-state index contributed by atoms with van der Waals surface area (Å²) >= 11 is 0. The lowest BCUT2D eigenvalue weighted by Gasteiger charge is -2.26. The number of benzene rings is 1. The lowest BCUT2D eigenvalue weighted by Crippen LogP contribution is -3.00. The fourth-order valence-electron chi connectivity index (χ4n) is 5.24. The summed E-state index contributed by atoms with van der Waals surface area (Å²) in [6, 6.07) is 12.1. The van der Waals surface area contributed by atoms with E-state index in [1.165, 1.54) is 12.1 Å². The molecule has 0 bridgehead atoms. The van der Waals surface area contributed by atoms with Crippen LogP contribution < -0.4 is 22.5 Å². The van der Waals surface area contributed by atoms with Gasteiger partial charge in [0.25, 0.3) is 5.56 Å². The van der Waals surface area contributed by atoms with Crippen molar-refractivity contribution in [3.05, 3.63) is 93.3 Å². The molecule has 1 atom stereocenters. The molecule has 6 rings (SSSR count). The van der Waals surface area contributed by atoms with Crippen LogP contribution in [0.25, 0.3) is 22.3 Å². The van der Waals surface area contributed by atoms with Crippen molar-refractivity contribution in [2.75, 3.05) is 0 Å². The first kappa shape index (κ1) is 24.1. The molecule has 36 heavy (non-hydrogen) atoms. The van der Waals surface area contributed by atoms with Crippen LogP contribution in [0.15, 0.2) is 59.7 Å². The average Bonchev–Trinajstić information content (AvgIpc) is 3.16. The monoisotopic (exact) mass is 507 g/mol. The normalized spacial score (nSPS) is 18.0. The van der Waals surface area contributed by atoms with E-state index in [2.05, 4.69) is 0 Å². The minimum atomic E-state index is -1.51. The maximum atomic E-state index is 14.2. The highest BCUT2D eigenvalue weighted by Crippen LogP contribution is 2.40. The molecule has 7 nitrogen and oxygen atoms in total. The largest absolute Gasteiger partial charge is 1.00 e. The third-order valence-electron chi connectivity index (χ3n) is 7.14. The molecular weight excluding hydrogens is 485 g/mol. The lowest BCUT2D eigenvalue weighted by molar-refractivity contribution is -0.688. The zero-order chi connectivity index (χ0) is 24.3. The van der Waals surface area contributed by atoms with Gasteiger partial charge in [0, 0.05) is 34.7 Å². The predicted molar refractivity (Wildman–Crippen MR) is 125 cm³/mol. The number of cyclic esters (lactones) is 1. The summed E-state index contributed by atoms with van der Waals surface area (Å²) in [5.74, 6) is -0.936. The summed E-state index contributed by atoms with van der Waals surface area (Å²) in [5.41, 5.74) is 2.33. The summed E-state index contributed by atoms with van der Waals surface area (Å²) in [6.07, 6.45) is 3.93. The highest BCUT2D eigenvalue weighted by molar-refractivity contribution is 5.88. The Morgan fingerprint density at radius 1 is 1.17 bits per heavy atom. The van der Waals surface area contributed by atoms with Crippen molar-refractivity contribution < 1.29 is 36.0 Å². The Morgan fingerprint density at radius 2 is 1.94 bits per heavy atom. The zero-order valence-corrected chi connectivity index (χ0v) is 20.3. The molecule has 4 aromatic rings. The average molecular weight is 508 g/mol. The van der Waals surface area contributed by atoms with E-state index >= 15 is 0 Å². The molecule has 1 N–H and O–H groups in total. The number of aliphatic hydroxyl groups is 1. The van der Waals surface area contributed by atoms with Gasteiger partial charge < -0.3 is 26.8 Å². The van der Waals surface area contributed by atoms with Crippen molar-refractivity contribution in [3.8, 4) is 11.4 Å². The number of carbonyl (C=O) groups excluding carboxylic acids is 1. The van der Waals surface area contributed by atoms with Crippen LogP contribution >= 0.6 is 0 Å². The van der Waals surface area contributed by atoms with E-state index in [1.807, 2.05) is 35.2 Å². The Kier molecular flexibility index (Phi) is 5.89. The van der Waals surface area contributed by atoms with Crippen molar-refractivity contribution in [1.29, 1.82) is 0 Å². The predicted octanol–water partition coefficient (Wildman–Crippen LogP) is -0.0514. The molecule has 0 aliphatic carbocycles. The molecule has 0 fully saturated rings. The minimum absolute atomic E-state index is 0. The Bertz CT molecular complexity index is 1590. The van der Waals surface area contributed by atoms with E-state index in [0.717, 1.165) is 16.5 Å². The lowest BCUT2D eigenvalue weighted by atomic mass is 9.85. The van der Waals surface area contributed by atoms with Crippen LogP contribution in [0.2, 0.25) is 0 Å². The summed E-state index contributed by atoms with van der Waals surface area (Å²) in [7, 11) is 0. The van der Waals surface area contributed by atoms with Gasteiger partial charge >= 0.3 is 5.97 Å². The number of rotatable bonds is 3. The first-order chi connectivity index (χ1) is 16.9. The number of pyridine rings is 3. The van der Waals surface area contributed by atoms with Gasteiger partial charge in [-0.1, -0.05) is 13.0 Å². The molecule has 0 saturated carbocycles. The molecular formula is C27H23ClFN3O4. The Labute approximate surface area is 212 Å². The number of halogens is 2. The Hall–Kier alpha value is -3.62. The van der Waals surface area contributed by atoms with Gasteiger partial charge in [-0.15, -0.1) is 0 Å². The molecule has 184 valence electrons. The molecule has 5 heterocycles. The second-order valence-corrected chi connectivity index (χ2v) is 9.16. The number of esters is 1. The van der Waals surface area contributed by atoms with Crippen molar-refractivity contribution in [2.45, 2.75) is 45.1 Å². The van der Waals surface area contributed by atoms with Gasteiger partial charge in [-0.25, -0.2) is 13.9 Å². The molecule has 0 spiro atoms. The van der Waals surface area contributed by atoms with E-state index in [-0.39, 0.29) is 43.0 Å². The van der Waals surface area contributed by atoms with Crippen molar-refractivity contribution in [1.82, 2.24) is 9.55 Å². The number of hydrogen-bond donors (Lipinski definition) is 1. The molecule has 1 aromatic carbocycles. The van der Waals surface area contributed by atoms with Crippen LogP contribution in [-0.2, 0) is 34.8 Å². The van der Waals surface area contributed by atoms with Crippen LogP contribution in [0, 0.1) is 5.82 Å². The third kappa shape index (κ3) is 3.68. The smallest absolute Gasteiger partial charge is 0.309 e. The Morgan fingerprint density at radius 3 is 2.69 bits per heavy atom. The highest BCUT2D eigenvalue weighted by atomic mass is 35.5. The molecule has 0 amide bonds. The van der Waals surface area contributed by atoms with Gasteiger partial charge in [-0.3, -0.25) is 9.59 Å². The molecule has 3 aromatic heterocycles. The Balaban J connectivity index is 0.00000267. The quantitative estimate of drug-likeness (QED) is 0.273. The summed E-state index contributed by atoms with van der Waals surface area (Å²) in [6.45, 7) is 2.40. The first-order valence-corrected chi connectivity index (χ1v) is 11.6. The molecule has 2 aliphatic heterocycles. The van der Waals surface area contributed by atoms with E-state index in [4.69, 9.17) is 9.72 Å². The van der Waals surface area contributed by atoms with E-state index in [1.54, 1.807) is 23.6 Å². The van der Waals surface area contributed by atoms with E-state index in [0.29, 0.717) is 35.6 Å². The van der Waals surface area contributed by atoms with Crippen LogP contribution in [0.4, 0.5) is 4.39 Å². The van der Waals surface area contributed by atoms with E-state index in [9.17, 15) is 19.1 Å². The van der Waals surface area contributed by atoms with Gasteiger partial charge in [-0.05, 0) is 30.2 Å². The van der Waals surface area contributed by atoms with Crippen LogP contribution in [0.5, 0.6) is 0 Å². The number of hydrogen-bond acceptors (Lipinski definition) is 5. The number of fused-ring (bicyclic) bond motifs is 5. The number of ether oxygens (including phenoxy) is 1. The molecule has 0 radical (unpaired) electrons.